The number of aromatic nitrogens is 1. The minimum Gasteiger partial charge on any atom is -0.481 e. The van der Waals surface area contributed by atoms with Crippen LogP contribution in [0, 0.1) is 0 Å². The molecule has 1 heterocycles. The Morgan fingerprint density at radius 2 is 1.62 bits per heavy atom. The van der Waals surface area contributed by atoms with Crippen LogP contribution in [0.1, 0.15) is 17.4 Å². The van der Waals surface area contributed by atoms with E-state index in [9.17, 15) is 9.59 Å². The summed E-state index contributed by atoms with van der Waals surface area (Å²) in [6, 6.07) is 11.8. The van der Waals surface area contributed by atoms with Gasteiger partial charge in [0.2, 0.25) is 11.8 Å². The van der Waals surface area contributed by atoms with Crippen molar-refractivity contribution in [1.82, 2.24) is 4.98 Å². The lowest BCUT2D eigenvalue weighted by atomic mass is 10.2. The summed E-state index contributed by atoms with van der Waals surface area (Å²) in [5, 5.41) is 5.37. The smallest absolute Gasteiger partial charge is 0.274 e. The molecule has 0 fully saturated rings. The van der Waals surface area contributed by atoms with Crippen LogP contribution >= 0.6 is 0 Å². The first-order chi connectivity index (χ1) is 10.1. The summed E-state index contributed by atoms with van der Waals surface area (Å²) in [6.07, 6.45) is 0. The number of amides is 2. The topological polar surface area (TPSA) is 80.3 Å². The largest absolute Gasteiger partial charge is 0.481 e. The van der Waals surface area contributed by atoms with Crippen LogP contribution in [0.2, 0.25) is 0 Å². The first-order valence-electron chi connectivity index (χ1n) is 6.28. The molecule has 0 saturated carbocycles. The molecule has 2 aromatic rings. The van der Waals surface area contributed by atoms with E-state index in [1.807, 2.05) is 0 Å². The van der Waals surface area contributed by atoms with Gasteiger partial charge >= 0.3 is 0 Å². The highest BCUT2D eigenvalue weighted by Gasteiger charge is 2.08. The van der Waals surface area contributed by atoms with Crippen molar-refractivity contribution in [1.29, 1.82) is 0 Å². The lowest BCUT2D eigenvalue weighted by molar-refractivity contribution is -0.114. The van der Waals surface area contributed by atoms with Gasteiger partial charge in [0.15, 0.2) is 0 Å². The number of pyridine rings is 1. The Morgan fingerprint density at radius 1 is 1.00 bits per heavy atom. The van der Waals surface area contributed by atoms with Crippen LogP contribution in [0.25, 0.3) is 0 Å². The number of rotatable bonds is 4. The van der Waals surface area contributed by atoms with E-state index in [0.29, 0.717) is 17.3 Å². The SMILES string of the molecule is COc1cccc(C(=O)Nc2ccc(NC(C)=O)cc2)n1. The molecular weight excluding hydrogens is 270 g/mol. The molecule has 1 aromatic carbocycles. The van der Waals surface area contributed by atoms with Crippen LogP contribution in [0.4, 0.5) is 11.4 Å². The van der Waals surface area contributed by atoms with Crippen molar-refractivity contribution in [3.63, 3.8) is 0 Å². The second-order valence-corrected chi connectivity index (χ2v) is 4.28. The third-order valence-corrected chi connectivity index (χ3v) is 2.63. The molecule has 0 atom stereocenters. The number of anilines is 2. The second kappa shape index (κ2) is 6.51. The standard InChI is InChI=1S/C15H15N3O3/c1-10(19)16-11-6-8-12(9-7-11)17-15(20)13-4-3-5-14(18-13)21-2/h3-9H,1-2H3,(H,16,19)(H,17,20). The Balaban J connectivity index is 2.06. The van der Waals surface area contributed by atoms with E-state index in [0.717, 1.165) is 0 Å². The lowest BCUT2D eigenvalue weighted by Gasteiger charge is -2.07. The van der Waals surface area contributed by atoms with Crippen LogP contribution in [-0.4, -0.2) is 23.9 Å². The van der Waals surface area contributed by atoms with Gasteiger partial charge in [0, 0.05) is 24.4 Å². The maximum absolute atomic E-state index is 12.0. The summed E-state index contributed by atoms with van der Waals surface area (Å²) in [5.74, 6) is -0.0998. The fourth-order valence-corrected chi connectivity index (χ4v) is 1.69. The number of methoxy groups -OCH3 is 1. The number of benzene rings is 1. The molecule has 21 heavy (non-hydrogen) atoms. The van der Waals surface area contributed by atoms with Gasteiger partial charge in [-0.05, 0) is 30.3 Å². The monoisotopic (exact) mass is 285 g/mol. The molecule has 108 valence electrons. The number of carbonyl (C=O) groups is 2. The predicted octanol–water partition coefficient (Wildman–Crippen LogP) is 2.30. The number of ether oxygens (including phenoxy) is 1. The average Bonchev–Trinajstić information content (AvgIpc) is 2.49. The third-order valence-electron chi connectivity index (χ3n) is 2.63. The van der Waals surface area contributed by atoms with Crippen molar-refractivity contribution in [2.75, 3.05) is 17.7 Å². The quantitative estimate of drug-likeness (QED) is 0.903. The van der Waals surface area contributed by atoms with E-state index in [1.165, 1.54) is 14.0 Å². The molecule has 0 radical (unpaired) electrons. The van der Waals surface area contributed by atoms with Gasteiger partial charge in [-0.3, -0.25) is 9.59 Å². The Morgan fingerprint density at radius 3 is 2.19 bits per heavy atom. The number of carbonyl (C=O) groups excluding carboxylic acids is 2. The number of hydrogen-bond donors (Lipinski definition) is 2. The third kappa shape index (κ3) is 4.04. The van der Waals surface area contributed by atoms with Gasteiger partial charge in [0.1, 0.15) is 5.69 Å². The summed E-state index contributed by atoms with van der Waals surface area (Å²) in [7, 11) is 1.49. The molecule has 1 aromatic heterocycles. The fourth-order valence-electron chi connectivity index (χ4n) is 1.69. The lowest BCUT2D eigenvalue weighted by Crippen LogP contribution is -2.14. The first-order valence-corrected chi connectivity index (χ1v) is 6.28. The molecule has 0 aliphatic heterocycles. The summed E-state index contributed by atoms with van der Waals surface area (Å²) in [4.78, 5) is 27.0. The van der Waals surface area contributed by atoms with Crippen LogP contribution in [0.5, 0.6) is 5.88 Å². The molecule has 0 bridgehead atoms. The molecule has 6 heteroatoms. The predicted molar refractivity (Wildman–Crippen MR) is 79.5 cm³/mol. The Bertz CT molecular complexity index is 653. The summed E-state index contributed by atoms with van der Waals surface area (Å²) in [5.41, 5.74) is 1.54. The van der Waals surface area contributed by atoms with Gasteiger partial charge < -0.3 is 15.4 Å². The van der Waals surface area contributed by atoms with Gasteiger partial charge in [-0.15, -0.1) is 0 Å². The van der Waals surface area contributed by atoms with Crippen molar-refractivity contribution >= 4 is 23.2 Å². The van der Waals surface area contributed by atoms with E-state index < -0.39 is 0 Å². The Hall–Kier alpha value is -2.89. The van der Waals surface area contributed by atoms with Gasteiger partial charge in [-0.1, -0.05) is 6.07 Å². The highest BCUT2D eigenvalue weighted by atomic mass is 16.5. The maximum Gasteiger partial charge on any atom is 0.274 e. The molecule has 2 rings (SSSR count). The summed E-state index contributed by atoms with van der Waals surface area (Å²) in [6.45, 7) is 1.43. The molecule has 0 spiro atoms. The van der Waals surface area contributed by atoms with Crippen LogP contribution < -0.4 is 15.4 Å². The highest BCUT2D eigenvalue weighted by Crippen LogP contribution is 2.15. The molecule has 2 amide bonds. The van der Waals surface area contributed by atoms with Gasteiger partial charge in [0.25, 0.3) is 5.91 Å². The zero-order chi connectivity index (χ0) is 15.2. The van der Waals surface area contributed by atoms with Crippen molar-refractivity contribution in [2.24, 2.45) is 0 Å². The Kier molecular flexibility index (Phi) is 4.50. The van der Waals surface area contributed by atoms with Crippen LogP contribution in [-0.2, 0) is 4.79 Å². The summed E-state index contributed by atoms with van der Waals surface area (Å²) >= 11 is 0. The van der Waals surface area contributed by atoms with Crippen LogP contribution in [0.15, 0.2) is 42.5 Å². The highest BCUT2D eigenvalue weighted by molar-refractivity contribution is 6.03. The minimum absolute atomic E-state index is 0.146. The van der Waals surface area contributed by atoms with E-state index in [4.69, 9.17) is 4.74 Å². The van der Waals surface area contributed by atoms with Gasteiger partial charge in [0.05, 0.1) is 7.11 Å². The van der Waals surface area contributed by atoms with Crippen LogP contribution in [0.3, 0.4) is 0 Å². The van der Waals surface area contributed by atoms with E-state index in [-0.39, 0.29) is 17.5 Å². The van der Waals surface area contributed by atoms with Crippen molar-refractivity contribution in [3.05, 3.63) is 48.2 Å². The number of hydrogen-bond acceptors (Lipinski definition) is 4. The van der Waals surface area contributed by atoms with Gasteiger partial charge in [-0.25, -0.2) is 4.98 Å². The number of nitrogens with zero attached hydrogens (tertiary/aromatic N) is 1. The molecule has 0 aliphatic carbocycles. The maximum atomic E-state index is 12.0. The van der Waals surface area contributed by atoms with Crippen molar-refractivity contribution < 1.29 is 14.3 Å². The molecule has 0 aliphatic rings. The minimum atomic E-state index is -0.332. The Labute approximate surface area is 122 Å². The number of nitrogens with one attached hydrogen (secondary N) is 2. The zero-order valence-corrected chi connectivity index (χ0v) is 11.7. The normalized spacial score (nSPS) is 9.81. The van der Waals surface area contributed by atoms with Gasteiger partial charge in [-0.2, -0.15) is 0 Å². The van der Waals surface area contributed by atoms with Crippen molar-refractivity contribution in [2.45, 2.75) is 6.92 Å². The average molecular weight is 285 g/mol. The fraction of sp³-hybridized carbons (Fsp3) is 0.133. The van der Waals surface area contributed by atoms with E-state index >= 15 is 0 Å². The zero-order valence-electron chi connectivity index (χ0n) is 11.7. The van der Waals surface area contributed by atoms with E-state index in [1.54, 1.807) is 42.5 Å². The molecule has 6 nitrogen and oxygen atoms in total. The molecule has 0 saturated heterocycles. The second-order valence-electron chi connectivity index (χ2n) is 4.28. The first kappa shape index (κ1) is 14.5. The van der Waals surface area contributed by atoms with E-state index in [2.05, 4.69) is 15.6 Å². The molecule has 0 unspecified atom stereocenters. The molecular formula is C15H15N3O3. The molecule has 2 N–H and O–H groups in total. The van der Waals surface area contributed by atoms with Crippen molar-refractivity contribution in [3.8, 4) is 5.88 Å². The summed E-state index contributed by atoms with van der Waals surface area (Å²) < 4.78 is 4.98.